The molecule has 23 heavy (non-hydrogen) atoms. The quantitative estimate of drug-likeness (QED) is 0.251. The van der Waals surface area contributed by atoms with Gasteiger partial charge in [0.05, 0.1) is 6.67 Å². The molecule has 140 valence electrons. The van der Waals surface area contributed by atoms with Crippen LogP contribution in [0.1, 0.15) is 111 Å². The van der Waals surface area contributed by atoms with E-state index in [1.807, 2.05) is 0 Å². The molecule has 0 rings (SSSR count). The lowest BCUT2D eigenvalue weighted by Gasteiger charge is -2.17. The fraction of sp³-hybridized carbons (Fsp3) is 1.00. The van der Waals surface area contributed by atoms with Gasteiger partial charge in [0.1, 0.15) is 0 Å². The summed E-state index contributed by atoms with van der Waals surface area (Å²) in [5.41, 5.74) is 0.397. The zero-order chi connectivity index (χ0) is 17.2. The highest BCUT2D eigenvalue weighted by molar-refractivity contribution is 4.59. The van der Waals surface area contributed by atoms with E-state index in [4.69, 9.17) is 4.74 Å². The second-order valence-corrected chi connectivity index (χ2v) is 8.21. The summed E-state index contributed by atoms with van der Waals surface area (Å²) in [5, 5.41) is 0. The first-order valence-electron chi connectivity index (χ1n) is 10.2. The fourth-order valence-corrected chi connectivity index (χ4v) is 2.72. The lowest BCUT2D eigenvalue weighted by atomic mass is 9.93. The summed E-state index contributed by atoms with van der Waals surface area (Å²) >= 11 is 0. The van der Waals surface area contributed by atoms with E-state index in [-0.39, 0.29) is 6.67 Å². The third-order valence-corrected chi connectivity index (χ3v) is 4.42. The molecule has 0 heterocycles. The molecular weight excluding hydrogens is 287 g/mol. The molecule has 0 radical (unpaired) electrons. The normalized spacial score (nSPS) is 12.0. The molecule has 2 heteroatoms. The maximum atomic E-state index is 11.9. The van der Waals surface area contributed by atoms with Crippen LogP contribution in [-0.2, 0) is 4.74 Å². The van der Waals surface area contributed by atoms with Crippen LogP contribution >= 0.6 is 0 Å². The first-order valence-corrected chi connectivity index (χ1v) is 10.2. The Morgan fingerprint density at radius 1 is 0.565 bits per heavy atom. The van der Waals surface area contributed by atoms with Crippen molar-refractivity contribution in [2.24, 2.45) is 5.41 Å². The Bertz CT molecular complexity index is 222. The van der Waals surface area contributed by atoms with Gasteiger partial charge in [-0.2, -0.15) is 0 Å². The molecule has 0 aliphatic rings. The highest BCUT2D eigenvalue weighted by Crippen LogP contribution is 2.18. The van der Waals surface area contributed by atoms with Crippen LogP contribution in [0.2, 0.25) is 0 Å². The first kappa shape index (κ1) is 22.9. The summed E-state index contributed by atoms with van der Waals surface area (Å²) in [6.45, 7) is 8.52. The van der Waals surface area contributed by atoms with E-state index in [2.05, 4.69) is 20.8 Å². The number of unbranched alkanes of at least 4 members (excludes halogenated alkanes) is 12. The lowest BCUT2D eigenvalue weighted by molar-refractivity contribution is 0.105. The van der Waals surface area contributed by atoms with Gasteiger partial charge in [-0.15, -0.1) is 0 Å². The highest BCUT2D eigenvalue weighted by Gasteiger charge is 2.08. The van der Waals surface area contributed by atoms with Crippen LogP contribution in [0.4, 0.5) is 4.39 Å². The molecule has 0 saturated carbocycles. The summed E-state index contributed by atoms with van der Waals surface area (Å²) in [6, 6.07) is 0. The van der Waals surface area contributed by atoms with Crippen molar-refractivity contribution in [1.29, 1.82) is 0 Å². The van der Waals surface area contributed by atoms with Gasteiger partial charge < -0.3 is 4.74 Å². The number of hydrogen-bond donors (Lipinski definition) is 0. The number of rotatable bonds is 17. The Balaban J connectivity index is 3.00. The van der Waals surface area contributed by atoms with E-state index in [9.17, 15) is 4.39 Å². The summed E-state index contributed by atoms with van der Waals surface area (Å²) < 4.78 is 17.6. The van der Waals surface area contributed by atoms with Gasteiger partial charge in [0.15, 0.2) is 0 Å². The number of ether oxygens (including phenoxy) is 1. The van der Waals surface area contributed by atoms with Gasteiger partial charge in [-0.05, 0) is 24.7 Å². The van der Waals surface area contributed by atoms with Crippen LogP contribution in [-0.4, -0.2) is 19.9 Å². The Kier molecular flexibility index (Phi) is 16.7. The van der Waals surface area contributed by atoms with Crippen molar-refractivity contribution in [2.75, 3.05) is 19.9 Å². The monoisotopic (exact) mass is 330 g/mol. The smallest absolute Gasteiger partial charge is 0.0894 e. The Hall–Kier alpha value is -0.110. The third kappa shape index (κ3) is 21.9. The van der Waals surface area contributed by atoms with Crippen molar-refractivity contribution in [3.05, 3.63) is 0 Å². The van der Waals surface area contributed by atoms with Gasteiger partial charge in [-0.25, -0.2) is 0 Å². The van der Waals surface area contributed by atoms with E-state index >= 15 is 0 Å². The van der Waals surface area contributed by atoms with Crippen molar-refractivity contribution >= 4 is 0 Å². The zero-order valence-corrected chi connectivity index (χ0v) is 16.3. The molecule has 0 aliphatic heterocycles. The van der Waals surface area contributed by atoms with E-state index < -0.39 is 0 Å². The largest absolute Gasteiger partial charge is 0.381 e. The van der Waals surface area contributed by atoms with Crippen LogP contribution in [0.3, 0.4) is 0 Å². The van der Waals surface area contributed by atoms with Gasteiger partial charge >= 0.3 is 0 Å². The van der Waals surface area contributed by atoms with Crippen molar-refractivity contribution < 1.29 is 9.13 Å². The standard InChI is InChI=1S/C21H43FO/c1-21(2,3)17-20-23-19-16-14-12-10-8-6-4-5-7-9-11-13-15-18-22/h4-20H2,1-3H3. The van der Waals surface area contributed by atoms with E-state index in [0.717, 1.165) is 32.5 Å². The summed E-state index contributed by atoms with van der Waals surface area (Å²) in [5.74, 6) is 0. The van der Waals surface area contributed by atoms with Gasteiger partial charge in [-0.1, -0.05) is 91.4 Å². The SMILES string of the molecule is CC(C)(C)CCOCCCCCCCCCCCCCCCF. The zero-order valence-electron chi connectivity index (χ0n) is 16.3. The molecule has 1 nitrogen and oxygen atoms in total. The highest BCUT2D eigenvalue weighted by atomic mass is 19.1. The molecule has 0 saturated heterocycles. The van der Waals surface area contributed by atoms with Crippen molar-refractivity contribution in [1.82, 2.24) is 0 Å². The molecule has 0 unspecified atom stereocenters. The van der Waals surface area contributed by atoms with Crippen LogP contribution in [0.5, 0.6) is 0 Å². The number of halogens is 1. The molecule has 0 aromatic rings. The van der Waals surface area contributed by atoms with Gasteiger partial charge in [0.25, 0.3) is 0 Å². The van der Waals surface area contributed by atoms with Crippen molar-refractivity contribution in [3.63, 3.8) is 0 Å². The Morgan fingerprint density at radius 2 is 0.957 bits per heavy atom. The maximum absolute atomic E-state index is 11.9. The predicted octanol–water partition coefficient (Wildman–Crippen LogP) is 7.48. The van der Waals surface area contributed by atoms with E-state index in [1.54, 1.807) is 0 Å². The minimum absolute atomic E-state index is 0.136. The molecule has 0 amide bonds. The molecular formula is C21H43FO. The second-order valence-electron chi connectivity index (χ2n) is 8.21. The topological polar surface area (TPSA) is 9.23 Å². The Morgan fingerprint density at radius 3 is 1.35 bits per heavy atom. The first-order chi connectivity index (χ1) is 11.1. The molecule has 0 aliphatic carbocycles. The maximum Gasteiger partial charge on any atom is 0.0894 e. The summed E-state index contributed by atoms with van der Waals surface area (Å²) in [7, 11) is 0. The van der Waals surface area contributed by atoms with E-state index in [0.29, 0.717) is 5.41 Å². The molecule has 0 N–H and O–H groups in total. The molecule has 0 aromatic carbocycles. The van der Waals surface area contributed by atoms with Crippen molar-refractivity contribution in [2.45, 2.75) is 111 Å². The lowest BCUT2D eigenvalue weighted by Crippen LogP contribution is -2.09. The van der Waals surface area contributed by atoms with Crippen LogP contribution in [0.25, 0.3) is 0 Å². The molecule has 0 bridgehead atoms. The van der Waals surface area contributed by atoms with Crippen LogP contribution in [0, 0.1) is 5.41 Å². The number of hydrogen-bond acceptors (Lipinski definition) is 1. The van der Waals surface area contributed by atoms with Crippen molar-refractivity contribution in [3.8, 4) is 0 Å². The molecule has 0 fully saturated rings. The average molecular weight is 331 g/mol. The van der Waals surface area contributed by atoms with Gasteiger partial charge in [0, 0.05) is 13.2 Å². The minimum atomic E-state index is -0.136. The summed E-state index contributed by atoms with van der Waals surface area (Å²) in [6.07, 6.45) is 17.7. The van der Waals surface area contributed by atoms with Gasteiger partial charge in [-0.3, -0.25) is 4.39 Å². The average Bonchev–Trinajstić information content (AvgIpc) is 2.49. The molecule has 0 atom stereocenters. The second kappa shape index (κ2) is 16.7. The predicted molar refractivity (Wildman–Crippen MR) is 101 cm³/mol. The minimum Gasteiger partial charge on any atom is -0.381 e. The molecule has 0 aromatic heterocycles. The van der Waals surface area contributed by atoms with Crippen LogP contribution < -0.4 is 0 Å². The fourth-order valence-electron chi connectivity index (χ4n) is 2.72. The third-order valence-electron chi connectivity index (χ3n) is 4.42. The Labute approximate surface area is 145 Å². The van der Waals surface area contributed by atoms with E-state index in [1.165, 1.54) is 70.6 Å². The molecule has 0 spiro atoms. The summed E-state index contributed by atoms with van der Waals surface area (Å²) in [4.78, 5) is 0. The number of alkyl halides is 1. The van der Waals surface area contributed by atoms with Gasteiger partial charge in [0.2, 0.25) is 0 Å². The van der Waals surface area contributed by atoms with Crippen LogP contribution in [0.15, 0.2) is 0 Å².